The molecule has 7 nitrogen and oxygen atoms in total. The predicted molar refractivity (Wildman–Crippen MR) is 65.2 cm³/mol. The van der Waals surface area contributed by atoms with Gasteiger partial charge in [-0.15, -0.1) is 0 Å². The van der Waals surface area contributed by atoms with Gasteiger partial charge in [0.25, 0.3) is 0 Å². The van der Waals surface area contributed by atoms with Gasteiger partial charge in [-0.1, -0.05) is 6.07 Å². The second-order valence-electron chi connectivity index (χ2n) is 3.92. The zero-order valence-corrected chi connectivity index (χ0v) is 9.21. The van der Waals surface area contributed by atoms with Crippen molar-refractivity contribution in [2.45, 2.75) is 6.42 Å². The van der Waals surface area contributed by atoms with E-state index in [4.69, 9.17) is 5.53 Å². The highest BCUT2D eigenvalue weighted by atomic mass is 16.1. The van der Waals surface area contributed by atoms with Crippen molar-refractivity contribution >= 4 is 17.4 Å². The quantitative estimate of drug-likeness (QED) is 0.478. The van der Waals surface area contributed by atoms with E-state index in [0.29, 0.717) is 17.9 Å². The first kappa shape index (κ1) is 10.4. The maximum absolute atomic E-state index is 11.2. The molecule has 2 heterocycles. The molecule has 0 saturated carbocycles. The zero-order valence-electron chi connectivity index (χ0n) is 9.21. The fraction of sp³-hybridized carbons (Fsp3) is 0.0909. The topological polar surface area (TPSA) is 107 Å². The third-order valence-electron chi connectivity index (χ3n) is 2.74. The normalized spacial score (nSPS) is 12.8. The van der Waals surface area contributed by atoms with E-state index in [1.54, 1.807) is 6.07 Å². The van der Waals surface area contributed by atoms with Crippen molar-refractivity contribution in [3.05, 3.63) is 40.3 Å². The van der Waals surface area contributed by atoms with Gasteiger partial charge in [-0.05, 0) is 34.4 Å². The second kappa shape index (κ2) is 3.90. The largest absolute Gasteiger partial charge is 0.326 e. The highest BCUT2D eigenvalue weighted by Crippen LogP contribution is 2.29. The number of amides is 1. The summed E-state index contributed by atoms with van der Waals surface area (Å²) in [5.74, 6) is 0.362. The number of H-pyrrole nitrogens is 1. The number of benzene rings is 1. The molecule has 0 spiro atoms. The fourth-order valence-electron chi connectivity index (χ4n) is 1.95. The molecule has 1 amide bonds. The molecule has 7 heteroatoms. The van der Waals surface area contributed by atoms with Crippen molar-refractivity contribution in [2.75, 3.05) is 5.32 Å². The van der Waals surface area contributed by atoms with E-state index in [1.165, 1.54) is 0 Å². The Morgan fingerprint density at radius 2 is 2.28 bits per heavy atom. The predicted octanol–water partition coefficient (Wildman–Crippen LogP) is 2.51. The van der Waals surface area contributed by atoms with Crippen LogP contribution in [0.1, 0.15) is 5.56 Å². The maximum atomic E-state index is 11.2. The summed E-state index contributed by atoms with van der Waals surface area (Å²) in [4.78, 5) is 13.9. The Balaban J connectivity index is 1.99. The van der Waals surface area contributed by atoms with Gasteiger partial charge in [0, 0.05) is 16.2 Å². The van der Waals surface area contributed by atoms with Crippen molar-refractivity contribution in [1.29, 1.82) is 0 Å². The van der Waals surface area contributed by atoms with Gasteiger partial charge in [-0.2, -0.15) is 5.10 Å². The molecule has 1 aromatic heterocycles. The van der Waals surface area contributed by atoms with E-state index in [2.05, 4.69) is 25.5 Å². The number of nitrogens with zero attached hydrogens (tertiary/aromatic N) is 4. The van der Waals surface area contributed by atoms with Gasteiger partial charge in [-0.25, -0.2) is 0 Å². The lowest BCUT2D eigenvalue weighted by Gasteiger charge is -2.00. The minimum absolute atomic E-state index is 0.000975. The molecule has 1 aliphatic heterocycles. The summed E-state index contributed by atoms with van der Waals surface area (Å²) in [5, 5.41) is 12.9. The lowest BCUT2D eigenvalue weighted by molar-refractivity contribution is -0.115. The van der Waals surface area contributed by atoms with Gasteiger partial charge in [0.05, 0.1) is 12.1 Å². The number of anilines is 1. The molecule has 0 fully saturated rings. The van der Waals surface area contributed by atoms with Crippen molar-refractivity contribution in [2.24, 2.45) is 5.11 Å². The Bertz CT molecular complexity index is 683. The summed E-state index contributed by atoms with van der Waals surface area (Å²) in [6.45, 7) is 0. The third kappa shape index (κ3) is 1.68. The molecule has 2 N–H and O–H groups in total. The lowest BCUT2D eigenvalue weighted by atomic mass is 10.1. The Morgan fingerprint density at radius 3 is 3.11 bits per heavy atom. The van der Waals surface area contributed by atoms with Crippen LogP contribution >= 0.6 is 0 Å². The van der Waals surface area contributed by atoms with Crippen molar-refractivity contribution in [3.63, 3.8) is 0 Å². The Labute approximate surface area is 101 Å². The van der Waals surface area contributed by atoms with Gasteiger partial charge in [0.15, 0.2) is 0 Å². The van der Waals surface area contributed by atoms with Crippen molar-refractivity contribution in [1.82, 2.24) is 10.2 Å². The number of hydrogen-bond donors (Lipinski definition) is 2. The van der Waals surface area contributed by atoms with Crippen LogP contribution in [0.4, 0.5) is 11.5 Å². The molecule has 0 unspecified atom stereocenters. The smallest absolute Gasteiger partial charge is 0.228 e. The number of rotatable bonds is 2. The average molecular weight is 240 g/mol. The number of aromatic amines is 1. The molecule has 0 atom stereocenters. The molecule has 88 valence electrons. The average Bonchev–Trinajstić information content (AvgIpc) is 2.93. The summed E-state index contributed by atoms with van der Waals surface area (Å²) >= 11 is 0. The Kier molecular flexibility index (Phi) is 2.25. The summed E-state index contributed by atoms with van der Waals surface area (Å²) in [5.41, 5.74) is 11.7. The first-order valence-corrected chi connectivity index (χ1v) is 5.30. The standard InChI is InChI=1S/C11H8N6O/c12-17-16-10-5-9(14-15-10)6-1-2-8-7(3-6)4-11(18)13-8/h1-3,5H,4H2,(H,13,18)(H,14,15). The number of carbonyl (C=O) groups excluding carboxylic acids is 1. The maximum Gasteiger partial charge on any atom is 0.228 e. The number of azide groups is 1. The van der Waals surface area contributed by atoms with Crippen LogP contribution in [-0.4, -0.2) is 16.1 Å². The van der Waals surface area contributed by atoms with Crippen LogP contribution in [0.3, 0.4) is 0 Å². The minimum Gasteiger partial charge on any atom is -0.326 e. The molecular weight excluding hydrogens is 232 g/mol. The van der Waals surface area contributed by atoms with Crippen LogP contribution in [0.15, 0.2) is 29.4 Å². The van der Waals surface area contributed by atoms with Crippen LogP contribution in [0.5, 0.6) is 0 Å². The van der Waals surface area contributed by atoms with Crippen LogP contribution < -0.4 is 5.32 Å². The van der Waals surface area contributed by atoms with Gasteiger partial charge < -0.3 is 5.32 Å². The van der Waals surface area contributed by atoms with E-state index >= 15 is 0 Å². The van der Waals surface area contributed by atoms with E-state index in [9.17, 15) is 4.79 Å². The van der Waals surface area contributed by atoms with Gasteiger partial charge in [0.1, 0.15) is 5.82 Å². The van der Waals surface area contributed by atoms with Crippen LogP contribution in [-0.2, 0) is 11.2 Å². The van der Waals surface area contributed by atoms with Gasteiger partial charge in [-0.3, -0.25) is 9.89 Å². The highest BCUT2D eigenvalue weighted by molar-refractivity contribution is 5.99. The van der Waals surface area contributed by atoms with E-state index in [0.717, 1.165) is 16.8 Å². The van der Waals surface area contributed by atoms with Crippen LogP contribution in [0.2, 0.25) is 0 Å². The molecule has 1 aliphatic rings. The zero-order chi connectivity index (χ0) is 12.5. The first-order valence-electron chi connectivity index (χ1n) is 5.30. The van der Waals surface area contributed by atoms with Crippen LogP contribution in [0.25, 0.3) is 21.7 Å². The monoisotopic (exact) mass is 240 g/mol. The van der Waals surface area contributed by atoms with Gasteiger partial charge >= 0.3 is 0 Å². The number of nitrogens with one attached hydrogen (secondary N) is 2. The molecule has 3 rings (SSSR count). The number of carbonyl (C=O) groups is 1. The van der Waals surface area contributed by atoms with Crippen molar-refractivity contribution < 1.29 is 4.79 Å². The number of fused-ring (bicyclic) bond motifs is 1. The summed E-state index contributed by atoms with van der Waals surface area (Å²) in [6, 6.07) is 7.27. The van der Waals surface area contributed by atoms with Gasteiger partial charge in [0.2, 0.25) is 5.91 Å². The third-order valence-corrected chi connectivity index (χ3v) is 2.74. The molecule has 0 bridgehead atoms. The van der Waals surface area contributed by atoms with E-state index in [-0.39, 0.29) is 5.91 Å². The fourth-order valence-corrected chi connectivity index (χ4v) is 1.95. The molecule has 0 radical (unpaired) electrons. The van der Waals surface area contributed by atoms with Crippen LogP contribution in [0, 0.1) is 0 Å². The lowest BCUT2D eigenvalue weighted by Crippen LogP contribution is -2.03. The van der Waals surface area contributed by atoms with E-state index in [1.807, 2.05) is 18.2 Å². The second-order valence-corrected chi connectivity index (χ2v) is 3.92. The SMILES string of the molecule is [N-]=[N+]=Nc1cc(-c2ccc3c(c2)CC(=O)N3)n[nH]1. The molecular formula is C11H8N6O. The van der Waals surface area contributed by atoms with Crippen molar-refractivity contribution in [3.8, 4) is 11.3 Å². The summed E-state index contributed by atoms with van der Waals surface area (Å²) in [7, 11) is 0. The highest BCUT2D eigenvalue weighted by Gasteiger charge is 2.18. The minimum atomic E-state index is -0.000975. The molecule has 0 saturated heterocycles. The van der Waals surface area contributed by atoms with E-state index < -0.39 is 0 Å². The summed E-state index contributed by atoms with van der Waals surface area (Å²) < 4.78 is 0. The Hall–Kier alpha value is -2.79. The number of aromatic nitrogens is 2. The first-order chi connectivity index (χ1) is 8.76. The molecule has 1 aromatic carbocycles. The molecule has 18 heavy (non-hydrogen) atoms. The molecule has 0 aliphatic carbocycles. The summed E-state index contributed by atoms with van der Waals surface area (Å²) in [6.07, 6.45) is 0.386. The Morgan fingerprint density at radius 1 is 1.39 bits per heavy atom. The number of hydrogen-bond acceptors (Lipinski definition) is 3. The molecule has 2 aromatic rings.